The first-order valence-corrected chi connectivity index (χ1v) is 4.91. The van der Waals surface area contributed by atoms with Gasteiger partial charge in [0.15, 0.2) is 0 Å². The van der Waals surface area contributed by atoms with Crippen LogP contribution in [-0.2, 0) is 9.53 Å². The predicted molar refractivity (Wildman–Crippen MR) is 49.5 cm³/mol. The van der Waals surface area contributed by atoms with Crippen LogP contribution in [0.25, 0.3) is 0 Å². The van der Waals surface area contributed by atoms with Crippen LogP contribution < -0.4 is 5.73 Å². The molecule has 2 aliphatic rings. The molecule has 5 heteroatoms. The second kappa shape index (κ2) is 3.18. The number of aliphatic hydroxyl groups is 1. The molecule has 3 N–H and O–H groups in total. The fourth-order valence-corrected chi connectivity index (χ4v) is 1.98. The van der Waals surface area contributed by atoms with Crippen LogP contribution in [0.4, 0.5) is 0 Å². The molecule has 2 aliphatic heterocycles. The van der Waals surface area contributed by atoms with Gasteiger partial charge in [0.05, 0.1) is 12.6 Å². The summed E-state index contributed by atoms with van der Waals surface area (Å²) in [6.07, 6.45) is 0.389. The molecule has 80 valence electrons. The van der Waals surface area contributed by atoms with Crippen LogP contribution in [0.15, 0.2) is 0 Å². The summed E-state index contributed by atoms with van der Waals surface area (Å²) < 4.78 is 5.28. The molecule has 0 aromatic rings. The molecule has 3 unspecified atom stereocenters. The lowest BCUT2D eigenvalue weighted by Gasteiger charge is -2.41. The smallest absolute Gasteiger partial charge is 0.241 e. The van der Waals surface area contributed by atoms with Gasteiger partial charge in [0.2, 0.25) is 5.91 Å². The average Bonchev–Trinajstić information content (AvgIpc) is 2.47. The minimum absolute atomic E-state index is 0.0717. The number of hydrogen-bond donors (Lipinski definition) is 2. The Morgan fingerprint density at radius 3 is 2.93 bits per heavy atom. The summed E-state index contributed by atoms with van der Waals surface area (Å²) in [6, 6.07) is -0.365. The topological polar surface area (TPSA) is 75.8 Å². The summed E-state index contributed by atoms with van der Waals surface area (Å²) in [6.45, 7) is 3.29. The Labute approximate surface area is 82.8 Å². The highest BCUT2D eigenvalue weighted by atomic mass is 16.5. The van der Waals surface area contributed by atoms with E-state index < -0.39 is 5.60 Å². The van der Waals surface area contributed by atoms with E-state index in [1.54, 1.807) is 4.90 Å². The summed E-state index contributed by atoms with van der Waals surface area (Å²) in [7, 11) is 0. The maximum atomic E-state index is 11.2. The van der Waals surface area contributed by atoms with E-state index in [1.165, 1.54) is 0 Å². The van der Waals surface area contributed by atoms with Gasteiger partial charge < -0.3 is 20.5 Å². The third-order valence-electron chi connectivity index (χ3n) is 3.17. The molecule has 2 heterocycles. The number of carbonyl (C=O) groups is 1. The molecule has 0 spiro atoms. The van der Waals surface area contributed by atoms with Gasteiger partial charge in [-0.2, -0.15) is 0 Å². The zero-order valence-corrected chi connectivity index (χ0v) is 8.27. The Morgan fingerprint density at radius 2 is 2.50 bits per heavy atom. The third kappa shape index (κ3) is 1.41. The molecule has 0 aromatic carbocycles. The molecule has 0 bridgehead atoms. The Hall–Kier alpha value is -0.650. The van der Waals surface area contributed by atoms with Crippen LogP contribution in [0.1, 0.15) is 13.3 Å². The molecule has 2 rings (SSSR count). The molecule has 14 heavy (non-hydrogen) atoms. The lowest BCUT2D eigenvalue weighted by atomic mass is 9.93. The fourth-order valence-electron chi connectivity index (χ4n) is 1.98. The summed E-state index contributed by atoms with van der Waals surface area (Å²) >= 11 is 0. The van der Waals surface area contributed by atoms with Crippen LogP contribution in [0.2, 0.25) is 0 Å². The number of carbonyl (C=O) groups excluding carboxylic acids is 1. The maximum absolute atomic E-state index is 11.2. The third-order valence-corrected chi connectivity index (χ3v) is 3.17. The highest BCUT2D eigenvalue weighted by molar-refractivity contribution is 5.87. The number of nitrogens with zero attached hydrogens (tertiary/aromatic N) is 1. The first-order chi connectivity index (χ1) is 6.53. The highest BCUT2D eigenvalue weighted by Gasteiger charge is 2.45. The molecule has 2 saturated heterocycles. The first-order valence-electron chi connectivity index (χ1n) is 4.91. The molecule has 5 nitrogen and oxygen atoms in total. The molecule has 3 atom stereocenters. The Morgan fingerprint density at radius 1 is 1.79 bits per heavy atom. The van der Waals surface area contributed by atoms with Gasteiger partial charge in [-0.3, -0.25) is 4.79 Å². The van der Waals surface area contributed by atoms with E-state index in [0.29, 0.717) is 26.1 Å². The SMILES string of the molecule is CC1OCCC1(O)CN1CC(N)C1=O. The van der Waals surface area contributed by atoms with Gasteiger partial charge in [-0.15, -0.1) is 0 Å². The molecule has 2 fully saturated rings. The minimum atomic E-state index is -0.879. The monoisotopic (exact) mass is 200 g/mol. The van der Waals surface area contributed by atoms with Gasteiger partial charge in [-0.25, -0.2) is 0 Å². The van der Waals surface area contributed by atoms with Crippen LogP contribution in [0.5, 0.6) is 0 Å². The zero-order chi connectivity index (χ0) is 10.3. The number of rotatable bonds is 2. The van der Waals surface area contributed by atoms with Gasteiger partial charge in [0.25, 0.3) is 0 Å². The van der Waals surface area contributed by atoms with E-state index in [0.717, 1.165) is 0 Å². The molecule has 0 radical (unpaired) electrons. The number of amides is 1. The van der Waals surface area contributed by atoms with Gasteiger partial charge in [-0.1, -0.05) is 0 Å². The Bertz CT molecular complexity index is 258. The minimum Gasteiger partial charge on any atom is -0.385 e. The van der Waals surface area contributed by atoms with Crippen molar-refractivity contribution in [1.82, 2.24) is 4.90 Å². The van der Waals surface area contributed by atoms with Gasteiger partial charge in [0, 0.05) is 19.6 Å². The maximum Gasteiger partial charge on any atom is 0.241 e. The van der Waals surface area contributed by atoms with Crippen LogP contribution in [0.3, 0.4) is 0 Å². The fraction of sp³-hybridized carbons (Fsp3) is 0.889. The summed E-state index contributed by atoms with van der Waals surface area (Å²) in [4.78, 5) is 12.8. The number of β-lactam (4-membered cyclic amide) rings is 1. The van der Waals surface area contributed by atoms with Gasteiger partial charge in [0.1, 0.15) is 11.6 Å². The number of hydrogen-bond acceptors (Lipinski definition) is 4. The van der Waals surface area contributed by atoms with Crippen molar-refractivity contribution in [2.24, 2.45) is 5.73 Å². The predicted octanol–water partition coefficient (Wildman–Crippen LogP) is -1.30. The standard InChI is InChI=1S/C9H16N2O3/c1-6-9(13,2-3-14-6)5-11-4-7(10)8(11)12/h6-7,13H,2-5,10H2,1H3. The van der Waals surface area contributed by atoms with Crippen LogP contribution >= 0.6 is 0 Å². The lowest BCUT2D eigenvalue weighted by molar-refractivity contribution is -0.149. The molecular weight excluding hydrogens is 184 g/mol. The van der Waals surface area contributed by atoms with Crippen molar-refractivity contribution >= 4 is 5.91 Å². The van der Waals surface area contributed by atoms with E-state index >= 15 is 0 Å². The Kier molecular flexibility index (Phi) is 2.25. The molecular formula is C9H16N2O3. The molecule has 0 saturated carbocycles. The quantitative estimate of drug-likeness (QED) is 0.543. The lowest BCUT2D eigenvalue weighted by Crippen LogP contribution is -2.65. The van der Waals surface area contributed by atoms with Crippen molar-refractivity contribution in [2.45, 2.75) is 31.1 Å². The van der Waals surface area contributed by atoms with Gasteiger partial charge >= 0.3 is 0 Å². The van der Waals surface area contributed by atoms with E-state index in [2.05, 4.69) is 0 Å². The zero-order valence-electron chi connectivity index (χ0n) is 8.27. The van der Waals surface area contributed by atoms with Crippen LogP contribution in [0, 0.1) is 0 Å². The largest absolute Gasteiger partial charge is 0.385 e. The van der Waals surface area contributed by atoms with Gasteiger partial charge in [-0.05, 0) is 6.92 Å². The van der Waals surface area contributed by atoms with E-state index in [4.69, 9.17) is 10.5 Å². The Balaban J connectivity index is 1.94. The number of nitrogens with two attached hydrogens (primary N) is 1. The summed E-state index contributed by atoms with van der Waals surface area (Å²) in [5.74, 6) is -0.0717. The summed E-state index contributed by atoms with van der Waals surface area (Å²) in [5, 5.41) is 10.1. The average molecular weight is 200 g/mol. The van der Waals surface area contributed by atoms with Crippen molar-refractivity contribution in [3.8, 4) is 0 Å². The van der Waals surface area contributed by atoms with Crippen molar-refractivity contribution in [1.29, 1.82) is 0 Å². The van der Waals surface area contributed by atoms with Crippen molar-refractivity contribution < 1.29 is 14.6 Å². The van der Waals surface area contributed by atoms with E-state index in [1.807, 2.05) is 6.92 Å². The number of likely N-dealkylation sites (tertiary alicyclic amines) is 1. The van der Waals surface area contributed by atoms with E-state index in [-0.39, 0.29) is 18.1 Å². The molecule has 0 aliphatic carbocycles. The first kappa shape index (κ1) is 9.89. The van der Waals surface area contributed by atoms with Crippen LogP contribution in [-0.4, -0.2) is 53.4 Å². The second-order valence-corrected chi connectivity index (χ2v) is 4.19. The van der Waals surface area contributed by atoms with Crippen molar-refractivity contribution in [3.63, 3.8) is 0 Å². The second-order valence-electron chi connectivity index (χ2n) is 4.19. The summed E-state index contributed by atoms with van der Waals surface area (Å²) in [5.41, 5.74) is 4.58. The molecule has 1 amide bonds. The van der Waals surface area contributed by atoms with Crippen molar-refractivity contribution in [2.75, 3.05) is 19.7 Å². The molecule has 0 aromatic heterocycles. The van der Waals surface area contributed by atoms with Crippen molar-refractivity contribution in [3.05, 3.63) is 0 Å². The number of ether oxygens (including phenoxy) is 1. The highest BCUT2D eigenvalue weighted by Crippen LogP contribution is 2.28. The van der Waals surface area contributed by atoms with E-state index in [9.17, 15) is 9.90 Å². The number of β-amino-alcohol motifs (C(OH)–C–C–N with tert-alkyl or cyclic N) is 1. The normalized spacial score (nSPS) is 42.8.